The molecule has 0 aromatic heterocycles. The number of carbonyl (C=O) groups excluding carboxylic acids is 1. The van der Waals surface area contributed by atoms with Crippen LogP contribution in [0.1, 0.15) is 24.8 Å². The molecule has 0 spiro atoms. The molecule has 0 radical (unpaired) electrons. The van der Waals surface area contributed by atoms with Gasteiger partial charge in [-0.3, -0.25) is 13.9 Å². The van der Waals surface area contributed by atoms with Gasteiger partial charge in [0.25, 0.3) is 10.1 Å². The van der Waals surface area contributed by atoms with Crippen LogP contribution in [0.4, 0.5) is 5.69 Å². The molecule has 2 aliphatic rings. The van der Waals surface area contributed by atoms with E-state index in [2.05, 4.69) is 11.0 Å². The summed E-state index contributed by atoms with van der Waals surface area (Å²) in [6.07, 6.45) is 4.36. The molecular weight excluding hydrogens is 328 g/mol. The van der Waals surface area contributed by atoms with E-state index in [9.17, 15) is 13.2 Å². The molecule has 2 heterocycles. The van der Waals surface area contributed by atoms with E-state index in [1.165, 1.54) is 5.56 Å². The lowest BCUT2D eigenvalue weighted by molar-refractivity contribution is -0.119. The lowest BCUT2D eigenvalue weighted by atomic mass is 10.0. The van der Waals surface area contributed by atoms with Crippen molar-refractivity contribution >= 4 is 21.7 Å². The molecule has 132 valence electrons. The molecule has 1 aromatic rings. The Morgan fingerprint density at radius 1 is 1.21 bits per heavy atom. The number of likely N-dealkylation sites (tertiary alicyclic amines) is 1. The summed E-state index contributed by atoms with van der Waals surface area (Å²) in [6, 6.07) is 8.06. The molecule has 0 saturated carbocycles. The van der Waals surface area contributed by atoms with E-state index in [0.717, 1.165) is 44.3 Å². The average Bonchev–Trinajstić information content (AvgIpc) is 2.49. The molecule has 1 amide bonds. The van der Waals surface area contributed by atoms with Gasteiger partial charge in [0.15, 0.2) is 0 Å². The zero-order chi connectivity index (χ0) is 17.2. The third-order valence-corrected chi connectivity index (χ3v) is 5.16. The molecule has 0 unspecified atom stereocenters. The van der Waals surface area contributed by atoms with Crippen molar-refractivity contribution in [1.82, 2.24) is 4.90 Å². The summed E-state index contributed by atoms with van der Waals surface area (Å²) in [5.74, 6) is 0.208. The summed E-state index contributed by atoms with van der Waals surface area (Å²) in [7, 11) is -3.37. The number of benzene rings is 1. The molecule has 6 nitrogen and oxygen atoms in total. The largest absolute Gasteiger partial charge is 0.312 e. The average molecular weight is 352 g/mol. The van der Waals surface area contributed by atoms with Crippen molar-refractivity contribution in [2.75, 3.05) is 37.3 Å². The maximum atomic E-state index is 12.2. The van der Waals surface area contributed by atoms with Gasteiger partial charge < -0.3 is 4.90 Å². The predicted octanol–water partition coefficient (Wildman–Crippen LogP) is 1.41. The lowest BCUT2D eigenvalue weighted by Gasteiger charge is -2.38. The highest BCUT2D eigenvalue weighted by molar-refractivity contribution is 7.86. The first kappa shape index (κ1) is 17.4. The molecule has 2 saturated heterocycles. The first-order valence-corrected chi connectivity index (χ1v) is 10.2. The van der Waals surface area contributed by atoms with Gasteiger partial charge in [0.1, 0.15) is 6.10 Å². The van der Waals surface area contributed by atoms with Gasteiger partial charge in [-0.2, -0.15) is 8.42 Å². The first-order valence-electron chi connectivity index (χ1n) is 8.41. The van der Waals surface area contributed by atoms with Crippen LogP contribution >= 0.6 is 0 Å². The van der Waals surface area contributed by atoms with E-state index in [1.54, 1.807) is 0 Å². The topological polar surface area (TPSA) is 66.9 Å². The Balaban J connectivity index is 1.56. The second-order valence-corrected chi connectivity index (χ2v) is 8.16. The summed E-state index contributed by atoms with van der Waals surface area (Å²) < 4.78 is 27.2. The van der Waals surface area contributed by atoms with Gasteiger partial charge in [0, 0.05) is 38.3 Å². The number of amides is 1. The van der Waals surface area contributed by atoms with Gasteiger partial charge in [0.05, 0.1) is 6.26 Å². The van der Waals surface area contributed by atoms with Crippen molar-refractivity contribution in [1.29, 1.82) is 0 Å². The molecule has 1 aromatic carbocycles. The molecule has 24 heavy (non-hydrogen) atoms. The molecule has 0 bridgehead atoms. The smallest absolute Gasteiger partial charge is 0.264 e. The van der Waals surface area contributed by atoms with Crippen LogP contribution in [0.15, 0.2) is 24.3 Å². The summed E-state index contributed by atoms with van der Waals surface area (Å²) in [5, 5.41) is 0. The number of carbonyl (C=O) groups is 1. The summed E-state index contributed by atoms with van der Waals surface area (Å²) >= 11 is 0. The van der Waals surface area contributed by atoms with Crippen LogP contribution in [0, 0.1) is 0 Å². The number of hydrogen-bond donors (Lipinski definition) is 0. The quantitative estimate of drug-likeness (QED) is 0.724. The number of rotatable bonds is 6. The van der Waals surface area contributed by atoms with Crippen molar-refractivity contribution in [2.45, 2.75) is 31.8 Å². The summed E-state index contributed by atoms with van der Waals surface area (Å²) in [5.41, 5.74) is 2.19. The lowest BCUT2D eigenvalue weighted by Crippen LogP contribution is -2.53. The van der Waals surface area contributed by atoms with Crippen molar-refractivity contribution in [3.63, 3.8) is 0 Å². The molecule has 2 fully saturated rings. The van der Waals surface area contributed by atoms with E-state index < -0.39 is 10.1 Å². The minimum absolute atomic E-state index is 0.208. The second-order valence-electron chi connectivity index (χ2n) is 6.56. The van der Waals surface area contributed by atoms with Gasteiger partial charge in [-0.05, 0) is 30.9 Å². The molecule has 2 aliphatic heterocycles. The van der Waals surface area contributed by atoms with E-state index in [4.69, 9.17) is 4.18 Å². The zero-order valence-electron chi connectivity index (χ0n) is 14.0. The van der Waals surface area contributed by atoms with Crippen LogP contribution in [0.3, 0.4) is 0 Å². The second kappa shape index (κ2) is 7.21. The highest BCUT2D eigenvalue weighted by atomic mass is 32.2. The van der Waals surface area contributed by atoms with E-state index in [0.29, 0.717) is 19.5 Å². The van der Waals surface area contributed by atoms with Crippen molar-refractivity contribution in [3.05, 3.63) is 29.8 Å². The molecular formula is C17H24N2O4S. The van der Waals surface area contributed by atoms with Crippen LogP contribution in [-0.2, 0) is 25.5 Å². The molecule has 3 rings (SSSR count). The monoisotopic (exact) mass is 352 g/mol. The van der Waals surface area contributed by atoms with Crippen LogP contribution in [-0.4, -0.2) is 57.8 Å². The normalized spacial score (nSPS) is 20.2. The molecule has 7 heteroatoms. The van der Waals surface area contributed by atoms with Crippen LogP contribution in [0.5, 0.6) is 0 Å². The number of hydrogen-bond acceptors (Lipinski definition) is 5. The minimum atomic E-state index is -3.37. The van der Waals surface area contributed by atoms with E-state index in [1.807, 2.05) is 23.1 Å². The number of para-hydroxylation sites is 1. The van der Waals surface area contributed by atoms with Crippen LogP contribution < -0.4 is 4.90 Å². The Hall–Kier alpha value is -1.44. The third kappa shape index (κ3) is 4.34. The first-order chi connectivity index (χ1) is 11.4. The van der Waals surface area contributed by atoms with Crippen LogP contribution in [0.25, 0.3) is 0 Å². The Kier molecular flexibility index (Phi) is 5.22. The number of anilines is 1. The van der Waals surface area contributed by atoms with E-state index in [-0.39, 0.29) is 12.0 Å². The zero-order valence-corrected chi connectivity index (χ0v) is 14.8. The maximum Gasteiger partial charge on any atom is 0.264 e. The molecule has 0 atom stereocenters. The number of piperidine rings is 1. The number of nitrogens with zero attached hydrogens (tertiary/aromatic N) is 2. The van der Waals surface area contributed by atoms with Gasteiger partial charge >= 0.3 is 0 Å². The molecule has 0 N–H and O–H groups in total. The SMILES string of the molecule is CS(=O)(=O)OC1CN(CCc2ccccc2N2CCCCC2=O)C1. The van der Waals surface area contributed by atoms with Crippen molar-refractivity contribution < 1.29 is 17.4 Å². The Morgan fingerprint density at radius 3 is 2.67 bits per heavy atom. The fourth-order valence-electron chi connectivity index (χ4n) is 3.34. The predicted molar refractivity (Wildman–Crippen MR) is 92.5 cm³/mol. The van der Waals surface area contributed by atoms with Crippen molar-refractivity contribution in [3.8, 4) is 0 Å². The van der Waals surface area contributed by atoms with Gasteiger partial charge in [0.2, 0.25) is 5.91 Å². The standard InChI is InChI=1S/C17H24N2O4S/c1-24(21,22)23-15-12-18(13-15)11-9-14-6-2-3-7-16(14)19-10-5-4-8-17(19)20/h2-3,6-7,15H,4-5,8-13H2,1H3. The Labute approximate surface area is 143 Å². The van der Waals surface area contributed by atoms with Gasteiger partial charge in [-0.1, -0.05) is 18.2 Å². The molecule has 0 aliphatic carbocycles. The van der Waals surface area contributed by atoms with Gasteiger partial charge in [-0.25, -0.2) is 0 Å². The maximum absolute atomic E-state index is 12.2. The van der Waals surface area contributed by atoms with Gasteiger partial charge in [-0.15, -0.1) is 0 Å². The van der Waals surface area contributed by atoms with E-state index >= 15 is 0 Å². The van der Waals surface area contributed by atoms with Crippen molar-refractivity contribution in [2.24, 2.45) is 0 Å². The Bertz CT molecular complexity index is 698. The summed E-state index contributed by atoms with van der Waals surface area (Å²) in [4.78, 5) is 16.2. The van der Waals surface area contributed by atoms with Crippen LogP contribution in [0.2, 0.25) is 0 Å². The fraction of sp³-hybridized carbons (Fsp3) is 0.588. The minimum Gasteiger partial charge on any atom is -0.312 e. The fourth-order valence-corrected chi connectivity index (χ4v) is 3.95. The highest BCUT2D eigenvalue weighted by Crippen LogP contribution is 2.26. The Morgan fingerprint density at radius 2 is 1.96 bits per heavy atom. The summed E-state index contributed by atoms with van der Waals surface area (Å²) in [6.45, 7) is 2.91. The highest BCUT2D eigenvalue weighted by Gasteiger charge is 2.30. The third-order valence-electron chi connectivity index (χ3n) is 4.54.